The van der Waals surface area contributed by atoms with Gasteiger partial charge in [-0.1, -0.05) is 6.92 Å². The number of amides is 1. The van der Waals surface area contributed by atoms with Gasteiger partial charge in [-0.15, -0.1) is 0 Å². The van der Waals surface area contributed by atoms with Crippen LogP contribution in [0.15, 0.2) is 0 Å². The molecule has 1 fully saturated rings. The van der Waals surface area contributed by atoms with Crippen LogP contribution in [0.5, 0.6) is 0 Å². The van der Waals surface area contributed by atoms with Crippen LogP contribution < -0.4 is 5.32 Å². The Morgan fingerprint density at radius 3 is 2.74 bits per heavy atom. The third-order valence-corrected chi connectivity index (χ3v) is 3.69. The van der Waals surface area contributed by atoms with Gasteiger partial charge in [0.1, 0.15) is 0 Å². The lowest BCUT2D eigenvalue weighted by atomic mass is 10.1. The van der Waals surface area contributed by atoms with Crippen molar-refractivity contribution < 1.29 is 9.53 Å². The van der Waals surface area contributed by atoms with Crippen molar-refractivity contribution in [1.82, 2.24) is 15.1 Å². The second-order valence-corrected chi connectivity index (χ2v) is 5.08. The van der Waals surface area contributed by atoms with Gasteiger partial charge in [0, 0.05) is 58.8 Å². The van der Waals surface area contributed by atoms with Crippen molar-refractivity contribution in [1.29, 1.82) is 0 Å². The van der Waals surface area contributed by atoms with E-state index in [9.17, 15) is 4.79 Å². The number of nitrogens with one attached hydrogen (secondary N) is 1. The van der Waals surface area contributed by atoms with Gasteiger partial charge in [-0.2, -0.15) is 0 Å². The van der Waals surface area contributed by atoms with E-state index in [4.69, 9.17) is 4.74 Å². The molecule has 1 rings (SSSR count). The van der Waals surface area contributed by atoms with E-state index in [0.29, 0.717) is 6.04 Å². The Morgan fingerprint density at radius 2 is 2.11 bits per heavy atom. The highest BCUT2D eigenvalue weighted by atomic mass is 16.5. The van der Waals surface area contributed by atoms with E-state index in [0.717, 1.165) is 52.5 Å². The lowest BCUT2D eigenvalue weighted by Crippen LogP contribution is -2.54. The van der Waals surface area contributed by atoms with Crippen molar-refractivity contribution in [3.63, 3.8) is 0 Å². The minimum absolute atomic E-state index is 0.0578. The second-order valence-electron chi connectivity index (χ2n) is 5.08. The number of carbonyl (C=O) groups is 1. The molecule has 5 nitrogen and oxygen atoms in total. The summed E-state index contributed by atoms with van der Waals surface area (Å²) in [5, 5.41) is 2.86. The topological polar surface area (TPSA) is 44.8 Å². The molecule has 0 aromatic rings. The van der Waals surface area contributed by atoms with Gasteiger partial charge in [-0.25, -0.2) is 0 Å². The first-order chi connectivity index (χ1) is 9.17. The van der Waals surface area contributed by atoms with Gasteiger partial charge in [0.15, 0.2) is 0 Å². The number of hydrogen-bond acceptors (Lipinski definition) is 4. The zero-order valence-electron chi connectivity index (χ0n) is 12.7. The Hall–Kier alpha value is -0.650. The Labute approximate surface area is 117 Å². The quantitative estimate of drug-likeness (QED) is 0.655. The monoisotopic (exact) mass is 271 g/mol. The molecule has 1 aliphatic heterocycles. The zero-order chi connectivity index (χ0) is 14.1. The molecule has 1 N–H and O–H groups in total. The summed E-state index contributed by atoms with van der Waals surface area (Å²) >= 11 is 0. The average Bonchev–Trinajstić information content (AvgIpc) is 2.39. The third-order valence-electron chi connectivity index (χ3n) is 3.69. The Morgan fingerprint density at radius 1 is 1.32 bits per heavy atom. The van der Waals surface area contributed by atoms with Crippen molar-refractivity contribution in [3.8, 4) is 0 Å². The first-order valence-electron chi connectivity index (χ1n) is 7.46. The maximum Gasteiger partial charge on any atom is 0.216 e. The van der Waals surface area contributed by atoms with Crippen LogP contribution in [0.25, 0.3) is 0 Å². The van der Waals surface area contributed by atoms with Crippen LogP contribution in [0, 0.1) is 0 Å². The maximum absolute atomic E-state index is 10.9. The van der Waals surface area contributed by atoms with E-state index in [-0.39, 0.29) is 5.91 Å². The summed E-state index contributed by atoms with van der Waals surface area (Å²) in [6.45, 7) is 13.5. The molecule has 0 aliphatic carbocycles. The summed E-state index contributed by atoms with van der Waals surface area (Å²) in [7, 11) is 0. The fourth-order valence-corrected chi connectivity index (χ4v) is 2.56. The summed E-state index contributed by atoms with van der Waals surface area (Å²) < 4.78 is 5.44. The highest BCUT2D eigenvalue weighted by Crippen LogP contribution is 2.12. The normalized spacial score (nSPS) is 21.5. The van der Waals surface area contributed by atoms with Crippen LogP contribution in [0.3, 0.4) is 0 Å². The van der Waals surface area contributed by atoms with Gasteiger partial charge in [-0.05, 0) is 13.3 Å². The number of nitrogens with zero attached hydrogens (tertiary/aromatic N) is 2. The summed E-state index contributed by atoms with van der Waals surface area (Å²) in [5.41, 5.74) is 0. The lowest BCUT2D eigenvalue weighted by Gasteiger charge is -2.41. The highest BCUT2D eigenvalue weighted by molar-refractivity contribution is 5.72. The molecule has 112 valence electrons. The molecule has 0 saturated carbocycles. The summed E-state index contributed by atoms with van der Waals surface area (Å²) in [6, 6.07) is 0.617. The molecule has 0 aromatic carbocycles. The van der Waals surface area contributed by atoms with Crippen LogP contribution >= 0.6 is 0 Å². The molecule has 1 unspecified atom stereocenters. The maximum atomic E-state index is 10.9. The van der Waals surface area contributed by atoms with Gasteiger partial charge >= 0.3 is 0 Å². The summed E-state index contributed by atoms with van der Waals surface area (Å²) in [4.78, 5) is 15.8. The molecule has 0 bridgehead atoms. The molecule has 5 heteroatoms. The van der Waals surface area contributed by atoms with Crippen LogP contribution in [-0.4, -0.2) is 74.2 Å². The third kappa shape index (κ3) is 6.36. The fraction of sp³-hybridized carbons (Fsp3) is 0.929. The van der Waals surface area contributed by atoms with Crippen molar-refractivity contribution in [3.05, 3.63) is 0 Å². The largest absolute Gasteiger partial charge is 0.380 e. The van der Waals surface area contributed by atoms with E-state index < -0.39 is 0 Å². The molecule has 1 atom stereocenters. The smallest absolute Gasteiger partial charge is 0.216 e. The van der Waals surface area contributed by atoms with Crippen molar-refractivity contribution in [2.75, 3.05) is 52.5 Å². The molecule has 1 saturated heterocycles. The van der Waals surface area contributed by atoms with Crippen molar-refractivity contribution in [2.45, 2.75) is 33.2 Å². The predicted molar refractivity (Wildman–Crippen MR) is 77.3 cm³/mol. The number of ether oxygens (including phenoxy) is 1. The van der Waals surface area contributed by atoms with Gasteiger partial charge in [-0.3, -0.25) is 14.6 Å². The van der Waals surface area contributed by atoms with Gasteiger partial charge in [0.05, 0.1) is 6.61 Å². The van der Waals surface area contributed by atoms with Gasteiger partial charge in [0.2, 0.25) is 5.91 Å². The molecule has 1 aliphatic rings. The molecule has 0 radical (unpaired) electrons. The minimum Gasteiger partial charge on any atom is -0.380 e. The summed E-state index contributed by atoms with van der Waals surface area (Å²) in [6.07, 6.45) is 1.17. The number of piperazine rings is 1. The molecule has 0 spiro atoms. The molecule has 0 aromatic heterocycles. The first kappa shape index (κ1) is 16.4. The SMILES string of the molecule is CCOCCN1CCN(CCNC(C)=O)CC1CC. The van der Waals surface area contributed by atoms with Crippen LogP contribution in [-0.2, 0) is 9.53 Å². The Balaban J connectivity index is 2.27. The second kappa shape index (κ2) is 9.28. The van der Waals surface area contributed by atoms with Crippen LogP contribution in [0.1, 0.15) is 27.2 Å². The highest BCUT2D eigenvalue weighted by Gasteiger charge is 2.24. The van der Waals surface area contributed by atoms with E-state index in [1.807, 2.05) is 6.92 Å². The van der Waals surface area contributed by atoms with E-state index in [1.165, 1.54) is 6.42 Å². The molecule has 1 heterocycles. The first-order valence-corrected chi connectivity index (χ1v) is 7.46. The average molecular weight is 271 g/mol. The minimum atomic E-state index is 0.0578. The molecular formula is C14H29N3O2. The van der Waals surface area contributed by atoms with E-state index in [1.54, 1.807) is 6.92 Å². The van der Waals surface area contributed by atoms with E-state index in [2.05, 4.69) is 22.0 Å². The number of rotatable bonds is 8. The van der Waals surface area contributed by atoms with Crippen molar-refractivity contribution in [2.24, 2.45) is 0 Å². The van der Waals surface area contributed by atoms with Gasteiger partial charge in [0.25, 0.3) is 0 Å². The standard InChI is InChI=1S/C14H29N3O2/c1-4-14-12-16(7-6-15-13(3)18)8-9-17(14)10-11-19-5-2/h14H,4-12H2,1-3H3,(H,15,18). The summed E-state index contributed by atoms with van der Waals surface area (Å²) in [5.74, 6) is 0.0578. The predicted octanol–water partition coefficient (Wildman–Crippen LogP) is 0.555. The van der Waals surface area contributed by atoms with Crippen LogP contribution in [0.4, 0.5) is 0 Å². The number of carbonyl (C=O) groups excluding carboxylic acids is 1. The number of hydrogen-bond donors (Lipinski definition) is 1. The lowest BCUT2D eigenvalue weighted by molar-refractivity contribution is -0.119. The van der Waals surface area contributed by atoms with Crippen molar-refractivity contribution >= 4 is 5.91 Å². The molecular weight excluding hydrogens is 242 g/mol. The Bertz CT molecular complexity index is 261. The van der Waals surface area contributed by atoms with E-state index >= 15 is 0 Å². The molecule has 1 amide bonds. The fourth-order valence-electron chi connectivity index (χ4n) is 2.56. The van der Waals surface area contributed by atoms with Gasteiger partial charge < -0.3 is 10.1 Å². The zero-order valence-corrected chi connectivity index (χ0v) is 12.7. The Kier molecular flexibility index (Phi) is 8.02. The molecule has 19 heavy (non-hydrogen) atoms. The van der Waals surface area contributed by atoms with Crippen LogP contribution in [0.2, 0.25) is 0 Å².